The minimum absolute atomic E-state index is 0.199. The number of likely N-dealkylation sites (N-methyl/N-ethyl adjacent to an activating group) is 2. The second kappa shape index (κ2) is 7.48. The van der Waals surface area contributed by atoms with Gasteiger partial charge in [-0.25, -0.2) is 0 Å². The molecular weight excluding hydrogens is 282 g/mol. The van der Waals surface area contributed by atoms with Crippen LogP contribution in [0.5, 0.6) is 0 Å². The minimum Gasteiger partial charge on any atom is -0.370 e. The summed E-state index contributed by atoms with van der Waals surface area (Å²) < 4.78 is 0. The maximum absolute atomic E-state index is 6.19. The maximum atomic E-state index is 6.19. The summed E-state index contributed by atoms with van der Waals surface area (Å²) in [5.41, 5.74) is 8.71. The number of nitrogens with two attached hydrogens (primary N) is 1. The van der Waals surface area contributed by atoms with Crippen molar-refractivity contribution in [2.24, 2.45) is 5.73 Å². The van der Waals surface area contributed by atoms with Gasteiger partial charge in [-0.15, -0.1) is 0 Å². The highest BCUT2D eigenvalue weighted by atomic mass is 35.5. The first-order valence-corrected chi connectivity index (χ1v) is 8.34. The number of hydrogen-bond donors (Lipinski definition) is 1. The molecule has 4 heteroatoms. The molecule has 1 heterocycles. The lowest BCUT2D eigenvalue weighted by atomic mass is 9.99. The van der Waals surface area contributed by atoms with Crippen molar-refractivity contribution in [1.82, 2.24) is 4.90 Å². The fourth-order valence-electron chi connectivity index (χ4n) is 3.14. The highest BCUT2D eigenvalue weighted by Gasteiger charge is 2.23. The number of benzene rings is 1. The molecule has 0 amide bonds. The summed E-state index contributed by atoms with van der Waals surface area (Å²) in [4.78, 5) is 4.84. The molecule has 2 atom stereocenters. The normalized spacial score (nSPS) is 21.3. The first kappa shape index (κ1) is 16.6. The van der Waals surface area contributed by atoms with Crippen molar-refractivity contribution in [3.8, 4) is 0 Å². The second-order valence-corrected chi connectivity index (χ2v) is 6.75. The lowest BCUT2D eigenvalue weighted by Crippen LogP contribution is -2.45. The van der Waals surface area contributed by atoms with Crippen LogP contribution in [0.1, 0.15) is 31.7 Å². The van der Waals surface area contributed by atoms with Gasteiger partial charge in [0.25, 0.3) is 0 Å². The summed E-state index contributed by atoms with van der Waals surface area (Å²) >= 11 is 6.19. The van der Waals surface area contributed by atoms with Gasteiger partial charge in [0.05, 0.1) is 0 Å². The molecule has 0 aliphatic carbocycles. The number of nitrogens with zero attached hydrogens (tertiary/aromatic N) is 2. The zero-order chi connectivity index (χ0) is 15.4. The molecule has 1 aromatic rings. The van der Waals surface area contributed by atoms with Crippen LogP contribution >= 0.6 is 11.6 Å². The second-order valence-electron chi connectivity index (χ2n) is 6.31. The summed E-state index contributed by atoms with van der Waals surface area (Å²) in [6.07, 6.45) is 4.40. The number of piperidine rings is 1. The lowest BCUT2D eigenvalue weighted by molar-refractivity contribution is 0.248. The summed E-state index contributed by atoms with van der Waals surface area (Å²) in [5.74, 6) is 0. The Hall–Kier alpha value is -0.770. The van der Waals surface area contributed by atoms with E-state index in [0.717, 1.165) is 24.4 Å². The zero-order valence-corrected chi connectivity index (χ0v) is 14.2. The quantitative estimate of drug-likeness (QED) is 0.907. The van der Waals surface area contributed by atoms with E-state index < -0.39 is 0 Å². The zero-order valence-electron chi connectivity index (χ0n) is 13.5. The molecule has 1 saturated heterocycles. The Kier molecular flexibility index (Phi) is 5.91. The topological polar surface area (TPSA) is 32.5 Å². The Morgan fingerprint density at radius 1 is 1.48 bits per heavy atom. The highest BCUT2D eigenvalue weighted by molar-refractivity contribution is 6.30. The third-order valence-electron chi connectivity index (χ3n) is 4.58. The number of anilines is 1. The molecular formula is C17H28ClN3. The van der Waals surface area contributed by atoms with Gasteiger partial charge in [-0.1, -0.05) is 18.5 Å². The first-order chi connectivity index (χ1) is 10.0. The molecule has 1 aliphatic rings. The van der Waals surface area contributed by atoms with Crippen molar-refractivity contribution < 1.29 is 0 Å². The maximum Gasteiger partial charge on any atom is 0.0414 e. The summed E-state index contributed by atoms with van der Waals surface area (Å²) in [5, 5.41) is 0.797. The van der Waals surface area contributed by atoms with Gasteiger partial charge in [-0.3, -0.25) is 0 Å². The minimum atomic E-state index is 0.199. The van der Waals surface area contributed by atoms with E-state index in [2.05, 4.69) is 43.0 Å². The van der Waals surface area contributed by atoms with Gasteiger partial charge in [0, 0.05) is 36.4 Å². The van der Waals surface area contributed by atoms with E-state index >= 15 is 0 Å². The molecule has 0 radical (unpaired) electrons. The van der Waals surface area contributed by atoms with Crippen LogP contribution in [0.25, 0.3) is 0 Å². The van der Waals surface area contributed by atoms with Crippen molar-refractivity contribution in [1.29, 1.82) is 0 Å². The number of likely N-dealkylation sites (tertiary alicyclic amines) is 1. The Labute approximate surface area is 134 Å². The Balaban J connectivity index is 2.20. The van der Waals surface area contributed by atoms with Gasteiger partial charge in [0.1, 0.15) is 0 Å². The molecule has 0 spiro atoms. The van der Waals surface area contributed by atoms with Crippen LogP contribution < -0.4 is 10.6 Å². The van der Waals surface area contributed by atoms with E-state index in [-0.39, 0.29) is 6.04 Å². The number of hydrogen-bond acceptors (Lipinski definition) is 3. The van der Waals surface area contributed by atoms with Crippen molar-refractivity contribution in [2.75, 3.05) is 32.1 Å². The van der Waals surface area contributed by atoms with Gasteiger partial charge in [0.2, 0.25) is 0 Å². The van der Waals surface area contributed by atoms with Crippen LogP contribution in [0.2, 0.25) is 5.02 Å². The molecule has 118 valence electrons. The lowest BCUT2D eigenvalue weighted by Gasteiger charge is -2.38. The van der Waals surface area contributed by atoms with E-state index in [0.29, 0.717) is 6.04 Å². The average molecular weight is 310 g/mol. The average Bonchev–Trinajstić information content (AvgIpc) is 2.46. The van der Waals surface area contributed by atoms with Crippen LogP contribution in [0.4, 0.5) is 5.69 Å². The smallest absolute Gasteiger partial charge is 0.0414 e. The van der Waals surface area contributed by atoms with E-state index in [1.807, 2.05) is 6.07 Å². The van der Waals surface area contributed by atoms with Crippen molar-refractivity contribution in [3.05, 3.63) is 28.8 Å². The molecule has 1 aliphatic heterocycles. The molecule has 0 saturated carbocycles. The summed E-state index contributed by atoms with van der Waals surface area (Å²) in [6, 6.07) is 6.98. The standard InChI is InChI=1S/C17H28ClN3/c1-4-15(19)11-13-10-14(18)7-8-17(13)21(3)16-6-5-9-20(2)12-16/h7-8,10,15-16H,4-6,9,11-12,19H2,1-3H3. The van der Waals surface area contributed by atoms with Crippen LogP contribution in [0.15, 0.2) is 18.2 Å². The highest BCUT2D eigenvalue weighted by Crippen LogP contribution is 2.28. The predicted octanol–water partition coefficient (Wildman–Crippen LogP) is 3.15. The molecule has 2 unspecified atom stereocenters. The van der Waals surface area contributed by atoms with Gasteiger partial charge in [-0.05, 0) is 63.0 Å². The SMILES string of the molecule is CCC(N)Cc1cc(Cl)ccc1N(C)C1CCCN(C)C1. The Morgan fingerprint density at radius 2 is 2.24 bits per heavy atom. The molecule has 3 nitrogen and oxygen atoms in total. The Morgan fingerprint density at radius 3 is 2.90 bits per heavy atom. The van der Waals surface area contributed by atoms with Crippen molar-refractivity contribution in [2.45, 2.75) is 44.7 Å². The molecule has 1 fully saturated rings. The molecule has 2 N–H and O–H groups in total. The van der Waals surface area contributed by atoms with Gasteiger partial charge in [0.15, 0.2) is 0 Å². The molecule has 2 rings (SSSR count). The number of halogens is 1. The van der Waals surface area contributed by atoms with Crippen LogP contribution in [0.3, 0.4) is 0 Å². The summed E-state index contributed by atoms with van der Waals surface area (Å²) in [6.45, 7) is 4.46. The predicted molar refractivity (Wildman–Crippen MR) is 92.3 cm³/mol. The third kappa shape index (κ3) is 4.35. The number of rotatable bonds is 5. The van der Waals surface area contributed by atoms with Crippen LogP contribution in [-0.2, 0) is 6.42 Å². The largest absolute Gasteiger partial charge is 0.370 e. The first-order valence-electron chi connectivity index (χ1n) is 7.96. The van der Waals surface area contributed by atoms with E-state index in [1.165, 1.54) is 30.6 Å². The monoisotopic (exact) mass is 309 g/mol. The molecule has 21 heavy (non-hydrogen) atoms. The third-order valence-corrected chi connectivity index (χ3v) is 4.81. The van der Waals surface area contributed by atoms with Crippen molar-refractivity contribution >= 4 is 17.3 Å². The fourth-order valence-corrected chi connectivity index (χ4v) is 3.34. The van der Waals surface area contributed by atoms with Gasteiger partial charge >= 0.3 is 0 Å². The summed E-state index contributed by atoms with van der Waals surface area (Å²) in [7, 11) is 4.41. The van der Waals surface area contributed by atoms with E-state index in [1.54, 1.807) is 0 Å². The molecule has 0 bridgehead atoms. The van der Waals surface area contributed by atoms with Gasteiger partial charge < -0.3 is 15.5 Å². The van der Waals surface area contributed by atoms with Gasteiger partial charge in [-0.2, -0.15) is 0 Å². The van der Waals surface area contributed by atoms with E-state index in [9.17, 15) is 0 Å². The molecule has 1 aromatic carbocycles. The van der Waals surface area contributed by atoms with Crippen LogP contribution in [0, 0.1) is 0 Å². The van der Waals surface area contributed by atoms with Crippen LogP contribution in [-0.4, -0.2) is 44.2 Å². The van der Waals surface area contributed by atoms with Crippen molar-refractivity contribution in [3.63, 3.8) is 0 Å². The Bertz CT molecular complexity index is 463. The molecule has 0 aromatic heterocycles. The fraction of sp³-hybridized carbons (Fsp3) is 0.647. The van der Waals surface area contributed by atoms with E-state index in [4.69, 9.17) is 17.3 Å².